The van der Waals surface area contributed by atoms with Gasteiger partial charge in [0.2, 0.25) is 5.91 Å². The van der Waals surface area contributed by atoms with Crippen molar-refractivity contribution in [1.82, 2.24) is 0 Å². The monoisotopic (exact) mass is 263 g/mol. The van der Waals surface area contributed by atoms with E-state index in [9.17, 15) is 13.2 Å². The number of rotatable bonds is 4. The minimum absolute atomic E-state index is 0.0149. The average molecular weight is 264 g/mol. The fraction of sp³-hybridized carbons (Fsp3) is 0.222. The largest absolute Gasteiger partial charge is 0.375 e. The van der Waals surface area contributed by atoms with Crippen molar-refractivity contribution < 1.29 is 17.9 Å². The average Bonchev–Trinajstić information content (AvgIpc) is 2.17. The fourth-order valence-electron chi connectivity index (χ4n) is 1.03. The highest BCUT2D eigenvalue weighted by Gasteiger charge is 2.09. The van der Waals surface area contributed by atoms with E-state index in [1.54, 1.807) is 0 Å². The Morgan fingerprint density at radius 3 is 2.38 bits per heavy atom. The van der Waals surface area contributed by atoms with Crippen molar-refractivity contribution in [2.24, 2.45) is 0 Å². The standard InChI is InChI=1S/C9H10ClNO4S/c1-15-6-9(12)11-7-2-4-8(5-3-7)16(10,13)14/h2-5H,6H2,1H3,(H,11,12). The highest BCUT2D eigenvalue weighted by molar-refractivity contribution is 8.13. The minimum atomic E-state index is -3.72. The van der Waals surface area contributed by atoms with Gasteiger partial charge in [0.05, 0.1) is 4.90 Å². The van der Waals surface area contributed by atoms with Gasteiger partial charge in [-0.2, -0.15) is 0 Å². The zero-order valence-corrected chi connectivity index (χ0v) is 10.0. The summed E-state index contributed by atoms with van der Waals surface area (Å²) < 4.78 is 26.5. The topological polar surface area (TPSA) is 72.5 Å². The van der Waals surface area contributed by atoms with Gasteiger partial charge in [0.1, 0.15) is 6.61 Å². The van der Waals surface area contributed by atoms with Gasteiger partial charge in [0, 0.05) is 23.5 Å². The van der Waals surface area contributed by atoms with E-state index in [0.29, 0.717) is 5.69 Å². The summed E-state index contributed by atoms with van der Waals surface area (Å²) in [6.07, 6.45) is 0. The summed E-state index contributed by atoms with van der Waals surface area (Å²) in [5, 5.41) is 2.52. The van der Waals surface area contributed by atoms with Gasteiger partial charge in [-0.1, -0.05) is 0 Å². The summed E-state index contributed by atoms with van der Waals surface area (Å²) in [5.41, 5.74) is 0.478. The number of hydrogen-bond acceptors (Lipinski definition) is 4. The molecule has 0 aromatic heterocycles. The zero-order valence-electron chi connectivity index (χ0n) is 8.44. The van der Waals surface area contributed by atoms with Crippen molar-refractivity contribution in [3.05, 3.63) is 24.3 Å². The van der Waals surface area contributed by atoms with Crippen LogP contribution in [0.25, 0.3) is 0 Å². The highest BCUT2D eigenvalue weighted by Crippen LogP contribution is 2.17. The van der Waals surface area contributed by atoms with Gasteiger partial charge in [-0.25, -0.2) is 8.42 Å². The van der Waals surface area contributed by atoms with Crippen LogP contribution in [-0.2, 0) is 18.6 Å². The predicted octanol–water partition coefficient (Wildman–Crippen LogP) is 1.20. The molecule has 0 bridgehead atoms. The van der Waals surface area contributed by atoms with E-state index in [4.69, 9.17) is 10.7 Å². The van der Waals surface area contributed by atoms with E-state index in [2.05, 4.69) is 10.1 Å². The number of carbonyl (C=O) groups is 1. The third kappa shape index (κ3) is 3.80. The third-order valence-electron chi connectivity index (χ3n) is 1.70. The van der Waals surface area contributed by atoms with Crippen molar-refractivity contribution >= 4 is 31.3 Å². The Kier molecular flexibility index (Phi) is 4.28. The van der Waals surface area contributed by atoms with Crippen LogP contribution in [0.1, 0.15) is 0 Å². The molecule has 1 amide bonds. The second-order valence-corrected chi connectivity index (χ2v) is 5.51. The molecule has 1 aromatic rings. The van der Waals surface area contributed by atoms with Gasteiger partial charge < -0.3 is 10.1 Å². The molecule has 0 aliphatic heterocycles. The maximum absolute atomic E-state index is 11.1. The van der Waals surface area contributed by atoms with Crippen LogP contribution in [0.5, 0.6) is 0 Å². The van der Waals surface area contributed by atoms with Gasteiger partial charge in [0.15, 0.2) is 0 Å². The molecule has 5 nitrogen and oxygen atoms in total. The number of ether oxygens (including phenoxy) is 1. The fourth-order valence-corrected chi connectivity index (χ4v) is 1.80. The van der Waals surface area contributed by atoms with Crippen molar-refractivity contribution in [2.45, 2.75) is 4.90 Å². The molecule has 0 atom stereocenters. The van der Waals surface area contributed by atoms with Crippen LogP contribution in [-0.4, -0.2) is 28.0 Å². The van der Waals surface area contributed by atoms with Crippen LogP contribution >= 0.6 is 10.7 Å². The number of anilines is 1. The Morgan fingerprint density at radius 2 is 1.94 bits per heavy atom. The predicted molar refractivity (Wildman–Crippen MR) is 60.0 cm³/mol. The molecule has 88 valence electrons. The smallest absolute Gasteiger partial charge is 0.261 e. The maximum Gasteiger partial charge on any atom is 0.261 e. The molecule has 1 N–H and O–H groups in total. The Hall–Kier alpha value is -1.11. The summed E-state index contributed by atoms with van der Waals surface area (Å²) in [6.45, 7) is -0.0600. The first kappa shape index (κ1) is 13.0. The summed E-state index contributed by atoms with van der Waals surface area (Å²) >= 11 is 0. The van der Waals surface area contributed by atoms with Crippen LogP contribution in [0.4, 0.5) is 5.69 Å². The molecule has 0 unspecified atom stereocenters. The molecule has 1 rings (SSSR count). The summed E-state index contributed by atoms with van der Waals surface area (Å²) in [4.78, 5) is 11.1. The normalized spacial score (nSPS) is 11.1. The number of carbonyl (C=O) groups excluding carboxylic acids is 1. The third-order valence-corrected chi connectivity index (χ3v) is 3.06. The van der Waals surface area contributed by atoms with Gasteiger partial charge in [-0.3, -0.25) is 4.79 Å². The van der Waals surface area contributed by atoms with Crippen molar-refractivity contribution in [2.75, 3.05) is 19.0 Å². The lowest BCUT2D eigenvalue weighted by Crippen LogP contribution is -2.16. The first-order valence-corrected chi connectivity index (χ1v) is 6.58. The molecule has 7 heteroatoms. The van der Waals surface area contributed by atoms with E-state index in [-0.39, 0.29) is 17.4 Å². The van der Waals surface area contributed by atoms with Gasteiger partial charge >= 0.3 is 0 Å². The molecule has 0 aliphatic carbocycles. The highest BCUT2D eigenvalue weighted by atomic mass is 35.7. The van der Waals surface area contributed by atoms with Gasteiger partial charge in [-0.15, -0.1) is 0 Å². The lowest BCUT2D eigenvalue weighted by molar-refractivity contribution is -0.119. The molecule has 16 heavy (non-hydrogen) atoms. The van der Waals surface area contributed by atoms with Crippen LogP contribution < -0.4 is 5.32 Å². The van der Waals surface area contributed by atoms with Crippen molar-refractivity contribution in [3.63, 3.8) is 0 Å². The van der Waals surface area contributed by atoms with E-state index in [1.807, 2.05) is 0 Å². The van der Waals surface area contributed by atoms with Gasteiger partial charge in [0.25, 0.3) is 9.05 Å². The lowest BCUT2D eigenvalue weighted by atomic mass is 10.3. The summed E-state index contributed by atoms with van der Waals surface area (Å²) in [5.74, 6) is -0.316. The molecule has 0 spiro atoms. The molecule has 0 heterocycles. The molecule has 1 aromatic carbocycles. The van der Waals surface area contributed by atoms with E-state index >= 15 is 0 Å². The number of amides is 1. The van der Waals surface area contributed by atoms with E-state index < -0.39 is 9.05 Å². The minimum Gasteiger partial charge on any atom is -0.375 e. The Labute approximate surface area is 97.8 Å². The number of benzene rings is 1. The Morgan fingerprint density at radius 1 is 1.38 bits per heavy atom. The molecule has 0 fully saturated rings. The quantitative estimate of drug-likeness (QED) is 0.829. The van der Waals surface area contributed by atoms with Crippen molar-refractivity contribution in [1.29, 1.82) is 0 Å². The Balaban J connectivity index is 2.76. The van der Waals surface area contributed by atoms with Crippen LogP contribution in [0.3, 0.4) is 0 Å². The molecule has 0 radical (unpaired) electrons. The summed E-state index contributed by atoms with van der Waals surface area (Å²) in [7, 11) is 2.81. The SMILES string of the molecule is COCC(=O)Nc1ccc(S(=O)(=O)Cl)cc1. The molecular weight excluding hydrogens is 254 g/mol. The second-order valence-electron chi connectivity index (χ2n) is 2.94. The van der Waals surface area contributed by atoms with Crippen molar-refractivity contribution in [3.8, 4) is 0 Å². The van der Waals surface area contributed by atoms with E-state index in [0.717, 1.165) is 0 Å². The maximum atomic E-state index is 11.1. The number of hydrogen-bond donors (Lipinski definition) is 1. The molecule has 0 aliphatic rings. The molecule has 0 saturated carbocycles. The van der Waals surface area contributed by atoms with Crippen LogP contribution in [0.2, 0.25) is 0 Å². The number of halogens is 1. The zero-order chi connectivity index (χ0) is 12.2. The molecule has 0 saturated heterocycles. The number of nitrogens with one attached hydrogen (secondary N) is 1. The Bertz CT molecular complexity index is 469. The van der Waals surface area contributed by atoms with Crippen LogP contribution in [0, 0.1) is 0 Å². The van der Waals surface area contributed by atoms with Crippen LogP contribution in [0.15, 0.2) is 29.2 Å². The summed E-state index contributed by atoms with van der Waals surface area (Å²) in [6, 6.07) is 5.52. The number of methoxy groups -OCH3 is 1. The molecular formula is C9H10ClNO4S. The lowest BCUT2D eigenvalue weighted by Gasteiger charge is -2.04. The first-order chi connectivity index (χ1) is 7.43. The first-order valence-electron chi connectivity index (χ1n) is 4.27. The van der Waals surface area contributed by atoms with E-state index in [1.165, 1.54) is 31.4 Å². The van der Waals surface area contributed by atoms with Gasteiger partial charge in [-0.05, 0) is 24.3 Å². The second kappa shape index (κ2) is 5.29.